The smallest absolute Gasteiger partial charge is 0.408 e. The van der Waals surface area contributed by atoms with E-state index in [2.05, 4.69) is 16.0 Å². The molecule has 1 aliphatic rings. The molecule has 0 unspecified atom stereocenters. The molecule has 4 atom stereocenters. The van der Waals surface area contributed by atoms with Crippen molar-refractivity contribution in [3.8, 4) is 0 Å². The van der Waals surface area contributed by atoms with Gasteiger partial charge in [0.25, 0.3) is 5.91 Å². The number of nitrogens with one attached hydrogen (secondary N) is 3. The van der Waals surface area contributed by atoms with Gasteiger partial charge in [-0.1, -0.05) is 73.8 Å². The molecular weight excluding hydrogens is 574 g/mol. The van der Waals surface area contributed by atoms with Crippen LogP contribution in [0.25, 0.3) is 0 Å². The number of halogens is 3. The van der Waals surface area contributed by atoms with Crippen LogP contribution in [0.2, 0.25) is 5.02 Å². The van der Waals surface area contributed by atoms with Gasteiger partial charge in [0.15, 0.2) is 6.10 Å². The van der Waals surface area contributed by atoms with Gasteiger partial charge in [0.05, 0.1) is 6.04 Å². The van der Waals surface area contributed by atoms with Crippen molar-refractivity contribution in [3.05, 3.63) is 70.7 Å². The molecule has 0 saturated carbocycles. The van der Waals surface area contributed by atoms with E-state index in [0.29, 0.717) is 25.8 Å². The summed E-state index contributed by atoms with van der Waals surface area (Å²) in [6, 6.07) is 9.64. The summed E-state index contributed by atoms with van der Waals surface area (Å²) in [4.78, 5) is 62.4. The predicted octanol–water partition coefficient (Wildman–Crippen LogP) is 3.52. The summed E-state index contributed by atoms with van der Waals surface area (Å²) in [6.07, 6.45) is -2.05. The summed E-state index contributed by atoms with van der Waals surface area (Å²) >= 11 is 5.93. The highest BCUT2D eigenvalue weighted by atomic mass is 35.5. The third kappa shape index (κ3) is 8.48. The summed E-state index contributed by atoms with van der Waals surface area (Å²) in [5, 5.41) is 7.40. The van der Waals surface area contributed by atoms with Crippen LogP contribution in [0.5, 0.6) is 0 Å². The molecule has 0 spiro atoms. The number of hydrogen-bond donors (Lipinski definition) is 4. The van der Waals surface area contributed by atoms with E-state index in [4.69, 9.17) is 22.1 Å². The van der Waals surface area contributed by atoms with Crippen LogP contribution < -0.4 is 21.7 Å². The second kappa shape index (κ2) is 14.7. The molecular formula is C29H33ClF2N4O6. The topological polar surface area (TPSA) is 157 Å². The minimum atomic E-state index is -3.72. The van der Waals surface area contributed by atoms with E-state index in [1.54, 1.807) is 6.07 Å². The van der Waals surface area contributed by atoms with Crippen molar-refractivity contribution in [1.82, 2.24) is 16.0 Å². The number of ether oxygens (including phenoxy) is 1. The van der Waals surface area contributed by atoms with E-state index in [0.717, 1.165) is 12.1 Å². The van der Waals surface area contributed by atoms with Gasteiger partial charge in [0.2, 0.25) is 17.6 Å². The second-order valence-electron chi connectivity index (χ2n) is 9.97. The summed E-state index contributed by atoms with van der Waals surface area (Å²) in [5.74, 6) is -7.95. The van der Waals surface area contributed by atoms with Crippen molar-refractivity contribution >= 4 is 41.2 Å². The zero-order valence-corrected chi connectivity index (χ0v) is 23.7. The Labute approximate surface area is 246 Å². The molecule has 0 aliphatic carbocycles. The van der Waals surface area contributed by atoms with Crippen molar-refractivity contribution in [3.63, 3.8) is 0 Å². The van der Waals surface area contributed by atoms with Crippen molar-refractivity contribution in [1.29, 1.82) is 0 Å². The van der Waals surface area contributed by atoms with Crippen molar-refractivity contribution in [2.75, 3.05) is 6.54 Å². The fourth-order valence-electron chi connectivity index (χ4n) is 4.62. The second-order valence-corrected chi connectivity index (χ2v) is 10.4. The molecule has 4 amide bonds. The number of benzene rings is 2. The quantitative estimate of drug-likeness (QED) is 0.241. The normalized spacial score (nSPS) is 17.0. The first kappa shape index (κ1) is 32.5. The number of nitrogens with two attached hydrogens (primary N) is 1. The Kier molecular flexibility index (Phi) is 11.4. The molecule has 1 aliphatic heterocycles. The molecule has 0 bridgehead atoms. The highest BCUT2D eigenvalue weighted by Crippen LogP contribution is 2.43. The summed E-state index contributed by atoms with van der Waals surface area (Å²) in [5.41, 5.74) is 4.67. The van der Waals surface area contributed by atoms with Gasteiger partial charge in [-0.3, -0.25) is 19.2 Å². The zero-order chi connectivity index (χ0) is 30.9. The lowest BCUT2D eigenvalue weighted by Crippen LogP contribution is -2.54. The maximum atomic E-state index is 15.8. The first-order valence-electron chi connectivity index (χ1n) is 13.5. The largest absolute Gasteiger partial charge is 0.434 e. The Balaban J connectivity index is 1.82. The SMILES string of the molecule is CCCC[C@H](NC(=O)O[C@@H](c1ccccc1)C(F)(F)c1cccc(Cl)c1)C(=O)N[C@@H](C[C@@H]1CCNC1=O)C(=O)C(N)=O. The number of carbonyl (C=O) groups is 5. The van der Waals surface area contributed by atoms with E-state index in [-0.39, 0.29) is 29.3 Å². The van der Waals surface area contributed by atoms with Gasteiger partial charge in [-0.2, -0.15) is 8.78 Å². The van der Waals surface area contributed by atoms with Gasteiger partial charge in [-0.05, 0) is 37.0 Å². The van der Waals surface area contributed by atoms with Crippen molar-refractivity contribution < 1.29 is 37.5 Å². The molecule has 2 aromatic rings. The Bertz CT molecular complexity index is 1300. The Morgan fingerprint density at radius 3 is 2.40 bits per heavy atom. The number of carbonyl (C=O) groups excluding carboxylic acids is 5. The monoisotopic (exact) mass is 606 g/mol. The molecule has 13 heteroatoms. The molecule has 1 heterocycles. The number of hydrogen-bond acceptors (Lipinski definition) is 6. The van der Waals surface area contributed by atoms with E-state index in [1.165, 1.54) is 36.4 Å². The van der Waals surface area contributed by atoms with Gasteiger partial charge in [0.1, 0.15) is 6.04 Å². The highest BCUT2D eigenvalue weighted by molar-refractivity contribution is 6.38. The van der Waals surface area contributed by atoms with Gasteiger partial charge >= 0.3 is 12.0 Å². The van der Waals surface area contributed by atoms with Crippen LogP contribution in [-0.2, 0) is 29.8 Å². The van der Waals surface area contributed by atoms with Crippen LogP contribution in [0.15, 0.2) is 54.6 Å². The molecule has 226 valence electrons. The van der Waals surface area contributed by atoms with Gasteiger partial charge in [-0.25, -0.2) is 4.79 Å². The molecule has 10 nitrogen and oxygen atoms in total. The predicted molar refractivity (Wildman–Crippen MR) is 149 cm³/mol. The minimum Gasteiger partial charge on any atom is -0.434 e. The Hall–Kier alpha value is -4.06. The Morgan fingerprint density at radius 1 is 1.10 bits per heavy atom. The number of alkyl halides is 2. The van der Waals surface area contributed by atoms with Crippen LogP contribution >= 0.6 is 11.6 Å². The highest BCUT2D eigenvalue weighted by Gasteiger charge is 2.46. The third-order valence-electron chi connectivity index (χ3n) is 6.88. The minimum absolute atomic E-state index is 0.00542. The summed E-state index contributed by atoms with van der Waals surface area (Å²) in [6.45, 7) is 2.21. The number of rotatable bonds is 14. The zero-order valence-electron chi connectivity index (χ0n) is 22.9. The molecule has 0 radical (unpaired) electrons. The lowest BCUT2D eigenvalue weighted by molar-refractivity contribution is -0.139. The average Bonchev–Trinajstić information content (AvgIpc) is 3.37. The third-order valence-corrected chi connectivity index (χ3v) is 7.11. The van der Waals surface area contributed by atoms with Crippen molar-refractivity contribution in [2.24, 2.45) is 11.7 Å². The molecule has 1 fully saturated rings. The van der Waals surface area contributed by atoms with Crippen molar-refractivity contribution in [2.45, 2.75) is 63.1 Å². The maximum Gasteiger partial charge on any atom is 0.408 e. The summed E-state index contributed by atoms with van der Waals surface area (Å²) < 4.78 is 36.8. The first-order chi connectivity index (χ1) is 19.9. The van der Waals surface area contributed by atoms with Crippen LogP contribution in [0, 0.1) is 5.92 Å². The Morgan fingerprint density at radius 2 is 1.81 bits per heavy atom. The van der Waals surface area contributed by atoms with Gasteiger partial charge in [0, 0.05) is 23.0 Å². The van der Waals surface area contributed by atoms with E-state index >= 15 is 8.78 Å². The van der Waals surface area contributed by atoms with Crippen LogP contribution in [0.1, 0.15) is 56.3 Å². The average molecular weight is 607 g/mol. The first-order valence-corrected chi connectivity index (χ1v) is 13.9. The van der Waals surface area contributed by atoms with Crippen LogP contribution in [0.4, 0.5) is 13.6 Å². The standard InChI is InChI=1S/C29H33ClF2N4O6/c1-2-3-12-21(27(40)35-22(23(37)25(33)38)15-18-13-14-34-26(18)39)36-28(41)42-24(17-8-5-4-6-9-17)29(31,32)19-10-7-11-20(30)16-19/h4-11,16,18,21-22,24H,2-3,12-15H2,1H3,(H2,33,38)(H,34,39)(H,35,40)(H,36,41)/t18-,21-,22-,24-/m0/s1. The summed E-state index contributed by atoms with van der Waals surface area (Å²) in [7, 11) is 0. The van der Waals surface area contributed by atoms with E-state index in [1.807, 2.05) is 6.92 Å². The molecule has 0 aromatic heterocycles. The fraction of sp³-hybridized carbons (Fsp3) is 0.414. The number of ketones is 1. The molecule has 2 aromatic carbocycles. The number of primary amides is 1. The number of alkyl carbamates (subject to hydrolysis) is 1. The van der Waals surface area contributed by atoms with E-state index < -0.39 is 59.3 Å². The molecule has 3 rings (SSSR count). The lowest BCUT2D eigenvalue weighted by Gasteiger charge is -2.29. The van der Waals surface area contributed by atoms with Gasteiger partial charge in [-0.15, -0.1) is 0 Å². The molecule has 5 N–H and O–H groups in total. The van der Waals surface area contributed by atoms with E-state index in [9.17, 15) is 24.0 Å². The van der Waals surface area contributed by atoms with Crippen LogP contribution in [-0.4, -0.2) is 48.2 Å². The number of amides is 4. The number of unbranched alkanes of at least 4 members (excludes halogenated alkanes) is 1. The van der Waals surface area contributed by atoms with Gasteiger partial charge < -0.3 is 26.4 Å². The lowest BCUT2D eigenvalue weighted by atomic mass is 9.95. The number of Topliss-reactive ketones (excluding diaryl/α,β-unsaturated/α-hetero) is 1. The maximum absolute atomic E-state index is 15.8. The molecule has 42 heavy (non-hydrogen) atoms. The molecule has 1 saturated heterocycles. The fourth-order valence-corrected chi connectivity index (χ4v) is 4.81. The van der Waals surface area contributed by atoms with Crippen LogP contribution in [0.3, 0.4) is 0 Å².